The zero-order valence-corrected chi connectivity index (χ0v) is 14.5. The zero-order chi connectivity index (χ0) is 17.8. The Bertz CT molecular complexity index is 800. The maximum absolute atomic E-state index is 12.6. The van der Waals surface area contributed by atoms with Gasteiger partial charge in [0.2, 0.25) is 11.7 Å². The molecule has 25 heavy (non-hydrogen) atoms. The van der Waals surface area contributed by atoms with Crippen LogP contribution in [0.25, 0.3) is 0 Å². The minimum absolute atomic E-state index is 0.204. The topological polar surface area (TPSA) is 65.5 Å². The van der Waals surface area contributed by atoms with E-state index in [-0.39, 0.29) is 17.2 Å². The summed E-state index contributed by atoms with van der Waals surface area (Å²) in [6.45, 7) is 3.79. The lowest BCUT2D eigenvalue weighted by Crippen LogP contribution is -2.25. The molecule has 0 radical (unpaired) electrons. The average molecular weight is 339 g/mol. The minimum Gasteiger partial charge on any atom is -0.477 e. The Labute approximate surface area is 147 Å². The van der Waals surface area contributed by atoms with Crippen LogP contribution in [-0.4, -0.2) is 29.4 Å². The van der Waals surface area contributed by atoms with Gasteiger partial charge in [0.15, 0.2) is 6.10 Å². The van der Waals surface area contributed by atoms with E-state index >= 15 is 0 Å². The van der Waals surface area contributed by atoms with Gasteiger partial charge in [-0.25, -0.2) is 9.78 Å². The van der Waals surface area contributed by atoms with Crippen LogP contribution >= 0.6 is 0 Å². The number of pyridine rings is 1. The number of ketones is 1. The monoisotopic (exact) mass is 339 g/mol. The second-order valence-electron chi connectivity index (χ2n) is 6.04. The molecule has 0 saturated carbocycles. The largest absolute Gasteiger partial charge is 0.477 e. The van der Waals surface area contributed by atoms with Crippen molar-refractivity contribution < 1.29 is 19.1 Å². The average Bonchev–Trinajstić information content (AvgIpc) is 3.09. The van der Waals surface area contributed by atoms with Crippen LogP contribution < -0.4 is 4.74 Å². The number of fused-ring (bicyclic) bond motifs is 1. The molecule has 1 aliphatic carbocycles. The van der Waals surface area contributed by atoms with Gasteiger partial charge in [-0.05, 0) is 62.4 Å². The molecule has 0 spiro atoms. The second kappa shape index (κ2) is 7.47. The quantitative estimate of drug-likeness (QED) is 0.596. The number of nitrogens with zero attached hydrogens (tertiary/aromatic N) is 1. The number of carbonyl (C=O) groups excluding carboxylic acids is 2. The van der Waals surface area contributed by atoms with Gasteiger partial charge in [-0.3, -0.25) is 4.79 Å². The molecule has 1 aromatic carbocycles. The number of aryl methyl sites for hydroxylation is 2. The summed E-state index contributed by atoms with van der Waals surface area (Å²) in [5.74, 6) is -0.601. The maximum Gasteiger partial charge on any atom is 0.344 e. The van der Waals surface area contributed by atoms with Crippen molar-refractivity contribution in [3.63, 3.8) is 0 Å². The van der Waals surface area contributed by atoms with Crippen LogP contribution in [-0.2, 0) is 17.6 Å². The number of benzene rings is 1. The lowest BCUT2D eigenvalue weighted by Gasteiger charge is -2.14. The fraction of sp³-hybridized carbons (Fsp3) is 0.350. The van der Waals surface area contributed by atoms with Gasteiger partial charge in [-0.15, -0.1) is 0 Å². The Morgan fingerprint density at radius 2 is 2.00 bits per heavy atom. The Morgan fingerprint density at radius 3 is 2.80 bits per heavy atom. The first-order valence-corrected chi connectivity index (χ1v) is 8.55. The summed E-state index contributed by atoms with van der Waals surface area (Å²) < 4.78 is 10.7. The van der Waals surface area contributed by atoms with Gasteiger partial charge in [0.25, 0.3) is 0 Å². The molecule has 0 fully saturated rings. The number of aromatic nitrogens is 1. The normalized spacial score (nSPS) is 13.8. The zero-order valence-electron chi connectivity index (χ0n) is 14.5. The molecule has 5 heteroatoms. The van der Waals surface area contributed by atoms with E-state index in [0.29, 0.717) is 12.2 Å². The minimum atomic E-state index is -0.873. The summed E-state index contributed by atoms with van der Waals surface area (Å²) in [5, 5.41) is 0. The van der Waals surface area contributed by atoms with Crippen molar-refractivity contribution in [3.05, 3.63) is 58.8 Å². The van der Waals surface area contributed by atoms with E-state index in [2.05, 4.69) is 4.98 Å². The van der Waals surface area contributed by atoms with E-state index in [1.807, 2.05) is 25.1 Å². The first-order chi connectivity index (χ1) is 12.1. The van der Waals surface area contributed by atoms with E-state index in [0.717, 1.165) is 19.3 Å². The maximum atomic E-state index is 12.6. The molecule has 2 aromatic rings. The highest BCUT2D eigenvalue weighted by Gasteiger charge is 2.24. The first-order valence-electron chi connectivity index (χ1n) is 8.55. The molecular weight excluding hydrogens is 318 g/mol. The third-order valence-electron chi connectivity index (χ3n) is 4.31. The molecule has 1 heterocycles. The van der Waals surface area contributed by atoms with Crippen LogP contribution in [0.1, 0.15) is 52.1 Å². The fourth-order valence-electron chi connectivity index (χ4n) is 3.04. The molecular formula is C20H21NO4. The highest BCUT2D eigenvalue weighted by Crippen LogP contribution is 2.24. The molecule has 0 amide bonds. The molecule has 1 atom stereocenters. The Morgan fingerprint density at radius 1 is 1.20 bits per heavy atom. The first kappa shape index (κ1) is 17.1. The molecule has 0 saturated heterocycles. The van der Waals surface area contributed by atoms with Gasteiger partial charge in [0, 0.05) is 11.8 Å². The Kier molecular flexibility index (Phi) is 5.12. The lowest BCUT2D eigenvalue weighted by molar-refractivity contribution is 0.0314. The van der Waals surface area contributed by atoms with Gasteiger partial charge in [-0.1, -0.05) is 12.1 Å². The number of ether oxygens (including phenoxy) is 2. The number of hydrogen-bond donors (Lipinski definition) is 0. The van der Waals surface area contributed by atoms with Crippen molar-refractivity contribution in [1.82, 2.24) is 4.98 Å². The van der Waals surface area contributed by atoms with Gasteiger partial charge in [0.05, 0.1) is 6.61 Å². The number of hydrogen-bond acceptors (Lipinski definition) is 5. The number of rotatable bonds is 6. The number of carbonyl (C=O) groups is 2. The predicted octanol–water partition coefficient (Wildman–Crippen LogP) is 3.40. The summed E-state index contributed by atoms with van der Waals surface area (Å²) in [5.41, 5.74) is 3.32. The third-order valence-corrected chi connectivity index (χ3v) is 4.31. The van der Waals surface area contributed by atoms with E-state index in [9.17, 15) is 9.59 Å². The molecule has 130 valence electrons. The molecule has 0 N–H and O–H groups in total. The predicted molar refractivity (Wildman–Crippen MR) is 93.1 cm³/mol. The third kappa shape index (κ3) is 3.71. The summed E-state index contributed by atoms with van der Waals surface area (Å²) in [7, 11) is 0. The van der Waals surface area contributed by atoms with E-state index < -0.39 is 12.1 Å². The second-order valence-corrected chi connectivity index (χ2v) is 6.04. The molecule has 0 aliphatic heterocycles. The molecule has 1 aromatic heterocycles. The van der Waals surface area contributed by atoms with Gasteiger partial charge in [0.1, 0.15) is 5.56 Å². The van der Waals surface area contributed by atoms with Crippen LogP contribution in [0.15, 0.2) is 36.5 Å². The Hall–Kier alpha value is -2.69. The summed E-state index contributed by atoms with van der Waals surface area (Å²) in [4.78, 5) is 29.0. The smallest absolute Gasteiger partial charge is 0.344 e. The van der Waals surface area contributed by atoms with Crippen molar-refractivity contribution in [2.45, 2.75) is 39.2 Å². The fourth-order valence-corrected chi connectivity index (χ4v) is 3.04. The standard InChI is InChI=1S/C20H21NO4/c1-3-24-19-17(8-5-11-21-19)20(23)25-13(2)18(22)16-10-9-14-6-4-7-15(14)12-16/h5,8-13H,3-4,6-7H2,1-2H3. The SMILES string of the molecule is CCOc1ncccc1C(=O)OC(C)C(=O)c1ccc2c(c1)CCC2. The summed E-state index contributed by atoms with van der Waals surface area (Å²) in [6.07, 6.45) is 3.86. The molecule has 1 unspecified atom stereocenters. The van der Waals surface area contributed by atoms with Crippen LogP contribution in [0, 0.1) is 0 Å². The molecule has 3 rings (SSSR count). The number of Topliss-reactive ketones (excluding diaryl/α,β-unsaturated/α-hetero) is 1. The van der Waals surface area contributed by atoms with Crippen LogP contribution in [0.5, 0.6) is 5.88 Å². The van der Waals surface area contributed by atoms with Crippen LogP contribution in [0.2, 0.25) is 0 Å². The Balaban J connectivity index is 1.72. The van der Waals surface area contributed by atoms with E-state index in [1.54, 1.807) is 25.3 Å². The summed E-state index contributed by atoms with van der Waals surface area (Å²) >= 11 is 0. The van der Waals surface area contributed by atoms with Crippen LogP contribution in [0.3, 0.4) is 0 Å². The molecule has 0 bridgehead atoms. The van der Waals surface area contributed by atoms with Gasteiger partial charge < -0.3 is 9.47 Å². The molecule has 1 aliphatic rings. The van der Waals surface area contributed by atoms with Crippen molar-refractivity contribution in [3.8, 4) is 5.88 Å². The lowest BCUT2D eigenvalue weighted by atomic mass is 10.0. The van der Waals surface area contributed by atoms with Crippen molar-refractivity contribution in [2.24, 2.45) is 0 Å². The number of esters is 1. The molecule has 5 nitrogen and oxygen atoms in total. The van der Waals surface area contributed by atoms with E-state index in [1.165, 1.54) is 11.1 Å². The van der Waals surface area contributed by atoms with Gasteiger partial charge in [-0.2, -0.15) is 0 Å². The van der Waals surface area contributed by atoms with Crippen LogP contribution in [0.4, 0.5) is 0 Å². The van der Waals surface area contributed by atoms with Crippen molar-refractivity contribution in [2.75, 3.05) is 6.61 Å². The van der Waals surface area contributed by atoms with E-state index in [4.69, 9.17) is 9.47 Å². The highest BCUT2D eigenvalue weighted by atomic mass is 16.5. The van der Waals surface area contributed by atoms with Gasteiger partial charge >= 0.3 is 5.97 Å². The highest BCUT2D eigenvalue weighted by molar-refractivity contribution is 6.02. The van der Waals surface area contributed by atoms with Crippen molar-refractivity contribution >= 4 is 11.8 Å². The van der Waals surface area contributed by atoms with Crippen molar-refractivity contribution in [1.29, 1.82) is 0 Å². The summed E-state index contributed by atoms with van der Waals surface area (Å²) in [6, 6.07) is 8.94.